The number of hydrogen-bond donors (Lipinski definition) is 1. The lowest BCUT2D eigenvalue weighted by Crippen LogP contribution is -2.03. The Morgan fingerprint density at radius 2 is 1.78 bits per heavy atom. The summed E-state index contributed by atoms with van der Waals surface area (Å²) in [6.45, 7) is 3.00. The van der Waals surface area contributed by atoms with Crippen molar-refractivity contribution in [3.8, 4) is 11.8 Å². The first-order valence-electron chi connectivity index (χ1n) is 9.35. The maximum Gasteiger partial charge on any atom is 0.152 e. The van der Waals surface area contributed by atoms with Gasteiger partial charge in [0.1, 0.15) is 11.3 Å². The summed E-state index contributed by atoms with van der Waals surface area (Å²) in [5.41, 5.74) is 10.1. The molecular formula is C23H22N4. The highest BCUT2D eigenvalue weighted by Crippen LogP contribution is 2.29. The van der Waals surface area contributed by atoms with Gasteiger partial charge in [-0.25, -0.2) is 9.97 Å². The lowest BCUT2D eigenvalue weighted by molar-refractivity contribution is 0.641. The van der Waals surface area contributed by atoms with Crippen LogP contribution in [0, 0.1) is 11.8 Å². The predicted octanol–water partition coefficient (Wildman–Crippen LogP) is 4.56. The minimum Gasteiger partial charge on any atom is -0.382 e. The van der Waals surface area contributed by atoms with Gasteiger partial charge in [0.15, 0.2) is 5.82 Å². The van der Waals surface area contributed by atoms with Gasteiger partial charge in [-0.3, -0.25) is 0 Å². The number of unbranched alkanes of at least 4 members (excludes halogenated alkanes) is 1. The van der Waals surface area contributed by atoms with Gasteiger partial charge in [-0.2, -0.15) is 0 Å². The van der Waals surface area contributed by atoms with E-state index in [9.17, 15) is 0 Å². The standard InChI is InChI=1S/C23H22N4/c1-2-20-26-21-22(18-14-8-9-15-19(18)25-23(21)24)27(20)16-10-4-7-13-17-11-5-3-6-12-17/h3,5-6,8-9,11-12,14-15H,2,4,10,16H2,1H3,(H2,24,25). The summed E-state index contributed by atoms with van der Waals surface area (Å²) in [6.07, 6.45) is 2.67. The van der Waals surface area contributed by atoms with Gasteiger partial charge in [-0.15, -0.1) is 0 Å². The number of anilines is 1. The summed E-state index contributed by atoms with van der Waals surface area (Å²) >= 11 is 0. The molecule has 0 fully saturated rings. The minimum atomic E-state index is 0.501. The van der Waals surface area contributed by atoms with Gasteiger partial charge in [0.2, 0.25) is 0 Å². The van der Waals surface area contributed by atoms with E-state index in [1.54, 1.807) is 0 Å². The predicted molar refractivity (Wildman–Crippen MR) is 111 cm³/mol. The van der Waals surface area contributed by atoms with Crippen LogP contribution in [0.25, 0.3) is 21.9 Å². The zero-order valence-electron chi connectivity index (χ0n) is 15.4. The normalized spacial score (nSPS) is 10.9. The van der Waals surface area contributed by atoms with E-state index in [0.29, 0.717) is 5.82 Å². The van der Waals surface area contributed by atoms with Crippen LogP contribution in [0.2, 0.25) is 0 Å². The third-order valence-electron chi connectivity index (χ3n) is 4.70. The Labute approximate surface area is 159 Å². The van der Waals surface area contributed by atoms with E-state index < -0.39 is 0 Å². The molecule has 0 unspecified atom stereocenters. The maximum absolute atomic E-state index is 6.19. The highest BCUT2D eigenvalue weighted by Gasteiger charge is 2.15. The van der Waals surface area contributed by atoms with E-state index in [-0.39, 0.29) is 0 Å². The van der Waals surface area contributed by atoms with Crippen molar-refractivity contribution in [2.75, 3.05) is 5.73 Å². The fourth-order valence-corrected chi connectivity index (χ4v) is 3.43. The van der Waals surface area contributed by atoms with Crippen molar-refractivity contribution in [2.24, 2.45) is 0 Å². The Morgan fingerprint density at radius 1 is 1.00 bits per heavy atom. The monoisotopic (exact) mass is 354 g/mol. The van der Waals surface area contributed by atoms with Crippen LogP contribution in [-0.2, 0) is 13.0 Å². The molecule has 2 aromatic heterocycles. The van der Waals surface area contributed by atoms with Crippen LogP contribution in [0.15, 0.2) is 54.6 Å². The third-order valence-corrected chi connectivity index (χ3v) is 4.70. The number of benzene rings is 2. The highest BCUT2D eigenvalue weighted by molar-refractivity contribution is 6.06. The van der Waals surface area contributed by atoms with Gasteiger partial charge in [-0.05, 0) is 24.6 Å². The molecule has 0 aliphatic carbocycles. The molecule has 2 heterocycles. The topological polar surface area (TPSA) is 56.7 Å². The van der Waals surface area contributed by atoms with Gasteiger partial charge >= 0.3 is 0 Å². The first-order valence-corrected chi connectivity index (χ1v) is 9.35. The fourth-order valence-electron chi connectivity index (χ4n) is 3.43. The molecule has 2 aromatic carbocycles. The number of hydrogen-bond acceptors (Lipinski definition) is 3. The molecule has 0 radical (unpaired) electrons. The Hall–Kier alpha value is -3.32. The number of pyridine rings is 1. The summed E-state index contributed by atoms with van der Waals surface area (Å²) in [4.78, 5) is 9.28. The second kappa shape index (κ2) is 7.51. The van der Waals surface area contributed by atoms with Crippen molar-refractivity contribution < 1.29 is 0 Å². The number of nitrogen functional groups attached to an aromatic ring is 1. The Kier molecular flexibility index (Phi) is 4.76. The molecule has 0 spiro atoms. The highest BCUT2D eigenvalue weighted by atomic mass is 15.1. The van der Waals surface area contributed by atoms with Gasteiger partial charge in [-0.1, -0.05) is 55.2 Å². The molecule has 0 saturated carbocycles. The largest absolute Gasteiger partial charge is 0.382 e. The van der Waals surface area contributed by atoms with Crippen LogP contribution in [0.3, 0.4) is 0 Å². The Morgan fingerprint density at radius 3 is 2.59 bits per heavy atom. The minimum absolute atomic E-state index is 0.501. The van der Waals surface area contributed by atoms with E-state index in [1.165, 1.54) is 0 Å². The van der Waals surface area contributed by atoms with Gasteiger partial charge in [0, 0.05) is 30.3 Å². The summed E-state index contributed by atoms with van der Waals surface area (Å²) in [7, 11) is 0. The third kappa shape index (κ3) is 3.37. The van der Waals surface area contributed by atoms with Gasteiger partial charge in [0.05, 0.1) is 11.0 Å². The molecule has 4 heteroatoms. The van der Waals surface area contributed by atoms with Crippen LogP contribution in [0.1, 0.15) is 31.2 Å². The average molecular weight is 354 g/mol. The van der Waals surface area contributed by atoms with E-state index in [0.717, 1.165) is 59.1 Å². The summed E-state index contributed by atoms with van der Waals surface area (Å²) in [5, 5.41) is 1.10. The van der Waals surface area contributed by atoms with Crippen molar-refractivity contribution in [3.63, 3.8) is 0 Å². The number of nitrogens with two attached hydrogens (primary N) is 1. The Balaban J connectivity index is 1.64. The van der Waals surface area contributed by atoms with Gasteiger partial charge < -0.3 is 10.3 Å². The number of fused-ring (bicyclic) bond motifs is 3. The van der Waals surface area contributed by atoms with Crippen molar-refractivity contribution in [3.05, 3.63) is 66.0 Å². The average Bonchev–Trinajstić information content (AvgIpc) is 3.08. The molecule has 134 valence electrons. The number of imidazole rings is 1. The van der Waals surface area contributed by atoms with Crippen molar-refractivity contribution in [1.29, 1.82) is 0 Å². The number of aromatic nitrogens is 3. The molecule has 0 saturated heterocycles. The molecule has 0 bridgehead atoms. The summed E-state index contributed by atoms with van der Waals surface area (Å²) in [6, 6.07) is 18.2. The SMILES string of the molecule is CCc1nc2c(N)nc3ccccc3c2n1CCCC#Cc1ccccc1. The van der Waals surface area contributed by atoms with Crippen LogP contribution in [0.4, 0.5) is 5.82 Å². The lowest BCUT2D eigenvalue weighted by atomic mass is 10.2. The molecule has 4 rings (SSSR count). The van der Waals surface area contributed by atoms with E-state index in [1.807, 2.05) is 48.5 Å². The Bertz CT molecular complexity index is 1150. The smallest absolute Gasteiger partial charge is 0.152 e. The van der Waals surface area contributed by atoms with Crippen molar-refractivity contribution in [2.45, 2.75) is 32.7 Å². The zero-order chi connectivity index (χ0) is 18.6. The number of aryl methyl sites for hydroxylation is 2. The molecule has 4 aromatic rings. The first kappa shape index (κ1) is 17.1. The summed E-state index contributed by atoms with van der Waals surface area (Å²) in [5.74, 6) is 8.05. The van der Waals surface area contributed by atoms with Gasteiger partial charge in [0.25, 0.3) is 0 Å². The first-order chi connectivity index (χ1) is 13.3. The maximum atomic E-state index is 6.19. The van der Waals surface area contributed by atoms with Crippen LogP contribution in [-0.4, -0.2) is 14.5 Å². The molecule has 0 aliphatic heterocycles. The van der Waals surface area contributed by atoms with Crippen LogP contribution < -0.4 is 5.73 Å². The molecule has 0 aliphatic rings. The quantitative estimate of drug-likeness (QED) is 0.432. The van der Waals surface area contributed by atoms with Crippen LogP contribution >= 0.6 is 0 Å². The molecular weight excluding hydrogens is 332 g/mol. The van der Waals surface area contributed by atoms with Crippen molar-refractivity contribution in [1.82, 2.24) is 14.5 Å². The second-order valence-electron chi connectivity index (χ2n) is 6.52. The second-order valence-corrected chi connectivity index (χ2v) is 6.52. The van der Waals surface area contributed by atoms with E-state index in [2.05, 4.69) is 34.4 Å². The number of rotatable bonds is 4. The lowest BCUT2D eigenvalue weighted by Gasteiger charge is -2.09. The zero-order valence-corrected chi connectivity index (χ0v) is 15.4. The summed E-state index contributed by atoms with van der Waals surface area (Å²) < 4.78 is 2.29. The van der Waals surface area contributed by atoms with E-state index >= 15 is 0 Å². The number of para-hydroxylation sites is 1. The molecule has 27 heavy (non-hydrogen) atoms. The molecule has 0 amide bonds. The fraction of sp³-hybridized carbons (Fsp3) is 0.217. The molecule has 4 nitrogen and oxygen atoms in total. The number of nitrogens with zero attached hydrogens (tertiary/aromatic N) is 3. The van der Waals surface area contributed by atoms with Crippen molar-refractivity contribution >= 4 is 27.8 Å². The van der Waals surface area contributed by atoms with Crippen LogP contribution in [0.5, 0.6) is 0 Å². The molecule has 0 atom stereocenters. The van der Waals surface area contributed by atoms with E-state index in [4.69, 9.17) is 10.7 Å². The molecule has 2 N–H and O–H groups in total.